The fourth-order valence-electron chi connectivity index (χ4n) is 4.04. The van der Waals surface area contributed by atoms with Gasteiger partial charge in [-0.3, -0.25) is 4.90 Å². The Morgan fingerprint density at radius 2 is 1.93 bits per heavy atom. The van der Waals surface area contributed by atoms with Gasteiger partial charge in [0.05, 0.1) is 13.2 Å². The number of urea groups is 1. The Hall–Kier alpha value is -1.71. The molecule has 2 amide bonds. The molecule has 3 aliphatic rings. The number of rotatable bonds is 5. The zero-order valence-corrected chi connectivity index (χ0v) is 15.8. The molecule has 1 unspecified atom stereocenters. The number of hydrogen-bond donors (Lipinski definition) is 1. The summed E-state index contributed by atoms with van der Waals surface area (Å²) < 4.78 is 16.2. The molecule has 3 saturated heterocycles. The topological polar surface area (TPSA) is 93.0 Å². The number of aromatic nitrogens is 2. The summed E-state index contributed by atoms with van der Waals surface area (Å²) in [6, 6.07) is 0.576. The van der Waals surface area contributed by atoms with Crippen LogP contribution in [0.4, 0.5) is 4.79 Å². The minimum Gasteiger partial charge on any atom is -0.379 e. The molecule has 0 saturated carbocycles. The molecular formula is C18H29N5O4. The fraction of sp³-hybridized carbons (Fsp3) is 0.833. The molecule has 4 heterocycles. The van der Waals surface area contributed by atoms with E-state index in [1.165, 1.54) is 0 Å². The molecule has 1 aromatic heterocycles. The molecule has 0 spiro atoms. The van der Waals surface area contributed by atoms with Crippen LogP contribution >= 0.6 is 0 Å². The van der Waals surface area contributed by atoms with Gasteiger partial charge < -0.3 is 24.2 Å². The van der Waals surface area contributed by atoms with Crippen molar-refractivity contribution < 1.29 is 18.8 Å². The normalized spacial score (nSPS) is 25.0. The number of carbonyl (C=O) groups excluding carboxylic acids is 1. The van der Waals surface area contributed by atoms with Gasteiger partial charge in [0.25, 0.3) is 5.89 Å². The van der Waals surface area contributed by atoms with E-state index < -0.39 is 0 Å². The van der Waals surface area contributed by atoms with Crippen LogP contribution in [0.1, 0.15) is 43.5 Å². The number of piperidine rings is 1. The number of likely N-dealkylation sites (tertiary alicyclic amines) is 1. The smallest absolute Gasteiger partial charge is 0.317 e. The highest BCUT2D eigenvalue weighted by molar-refractivity contribution is 5.74. The van der Waals surface area contributed by atoms with Gasteiger partial charge in [-0.15, -0.1) is 0 Å². The summed E-state index contributed by atoms with van der Waals surface area (Å²) in [5.41, 5.74) is 0. The number of amides is 2. The number of hydrogen-bond acceptors (Lipinski definition) is 7. The van der Waals surface area contributed by atoms with Gasteiger partial charge in [-0.1, -0.05) is 5.16 Å². The van der Waals surface area contributed by atoms with Crippen molar-refractivity contribution in [2.24, 2.45) is 0 Å². The summed E-state index contributed by atoms with van der Waals surface area (Å²) in [4.78, 5) is 21.2. The largest absolute Gasteiger partial charge is 0.379 e. The fourth-order valence-corrected chi connectivity index (χ4v) is 4.04. The lowest BCUT2D eigenvalue weighted by Gasteiger charge is -2.40. The summed E-state index contributed by atoms with van der Waals surface area (Å²) in [6.45, 7) is 6.54. The van der Waals surface area contributed by atoms with Crippen molar-refractivity contribution in [3.05, 3.63) is 11.7 Å². The summed E-state index contributed by atoms with van der Waals surface area (Å²) in [6.07, 6.45) is 4.52. The standard InChI is InChI=1S/C18H29N5O4/c24-18(23-7-4-14(5-8-23)22-9-12-25-13-10-22)19-6-3-16-20-17(27-21-16)15-2-1-11-26-15/h14-15H,1-13H2,(H,19,24). The quantitative estimate of drug-likeness (QED) is 0.815. The molecule has 27 heavy (non-hydrogen) atoms. The second-order valence-corrected chi connectivity index (χ2v) is 7.40. The van der Waals surface area contributed by atoms with E-state index in [0.29, 0.717) is 30.7 Å². The van der Waals surface area contributed by atoms with Crippen LogP contribution in [0, 0.1) is 0 Å². The summed E-state index contributed by atoms with van der Waals surface area (Å²) >= 11 is 0. The van der Waals surface area contributed by atoms with Crippen molar-refractivity contribution in [1.29, 1.82) is 0 Å². The van der Waals surface area contributed by atoms with Crippen molar-refractivity contribution >= 4 is 6.03 Å². The molecule has 1 N–H and O–H groups in total. The average Bonchev–Trinajstić information content (AvgIpc) is 3.40. The van der Waals surface area contributed by atoms with E-state index in [1.807, 2.05) is 4.90 Å². The van der Waals surface area contributed by atoms with Crippen LogP contribution < -0.4 is 5.32 Å². The molecule has 0 aromatic carbocycles. The van der Waals surface area contributed by atoms with Crippen molar-refractivity contribution in [2.45, 2.75) is 44.2 Å². The number of nitrogens with zero attached hydrogens (tertiary/aromatic N) is 4. The predicted molar refractivity (Wildman–Crippen MR) is 96.3 cm³/mol. The SMILES string of the molecule is O=C(NCCc1noc(C2CCCO2)n1)N1CCC(N2CCOCC2)CC1. The Bertz CT molecular complexity index is 605. The molecule has 0 bridgehead atoms. The molecule has 0 aliphatic carbocycles. The van der Waals surface area contributed by atoms with Crippen molar-refractivity contribution in [2.75, 3.05) is 52.5 Å². The number of morpholine rings is 1. The second kappa shape index (κ2) is 8.99. The van der Waals surface area contributed by atoms with Crippen molar-refractivity contribution in [1.82, 2.24) is 25.3 Å². The van der Waals surface area contributed by atoms with Gasteiger partial charge in [0.2, 0.25) is 0 Å². The predicted octanol–water partition coefficient (Wildman–Crippen LogP) is 0.970. The maximum Gasteiger partial charge on any atom is 0.317 e. The molecule has 9 nitrogen and oxygen atoms in total. The molecule has 9 heteroatoms. The zero-order chi connectivity index (χ0) is 18.5. The Labute approximate surface area is 159 Å². The Morgan fingerprint density at radius 3 is 2.67 bits per heavy atom. The van der Waals surface area contributed by atoms with Crippen LogP contribution in [-0.4, -0.2) is 84.6 Å². The third-order valence-electron chi connectivity index (χ3n) is 5.63. The molecule has 1 atom stereocenters. The van der Waals surface area contributed by atoms with Gasteiger partial charge in [-0.25, -0.2) is 4.79 Å². The van der Waals surface area contributed by atoms with E-state index in [1.54, 1.807) is 0 Å². The maximum atomic E-state index is 12.4. The van der Waals surface area contributed by atoms with Gasteiger partial charge in [-0.05, 0) is 25.7 Å². The van der Waals surface area contributed by atoms with Crippen molar-refractivity contribution in [3.8, 4) is 0 Å². The van der Waals surface area contributed by atoms with Gasteiger partial charge in [0, 0.05) is 51.8 Å². The molecule has 0 radical (unpaired) electrons. The van der Waals surface area contributed by atoms with Crippen LogP contribution in [0.5, 0.6) is 0 Å². The van der Waals surface area contributed by atoms with E-state index in [2.05, 4.69) is 20.4 Å². The summed E-state index contributed by atoms with van der Waals surface area (Å²) in [7, 11) is 0. The zero-order valence-electron chi connectivity index (χ0n) is 15.8. The molecular weight excluding hydrogens is 350 g/mol. The van der Waals surface area contributed by atoms with Crippen LogP contribution in [0.3, 0.4) is 0 Å². The van der Waals surface area contributed by atoms with Crippen LogP contribution in [-0.2, 0) is 15.9 Å². The monoisotopic (exact) mass is 379 g/mol. The van der Waals surface area contributed by atoms with Gasteiger partial charge in [-0.2, -0.15) is 4.98 Å². The van der Waals surface area contributed by atoms with E-state index in [9.17, 15) is 4.79 Å². The Kier molecular flexibility index (Phi) is 6.21. The van der Waals surface area contributed by atoms with E-state index in [0.717, 1.165) is 71.7 Å². The van der Waals surface area contributed by atoms with Crippen LogP contribution in [0.2, 0.25) is 0 Å². The number of nitrogens with one attached hydrogen (secondary N) is 1. The molecule has 3 fully saturated rings. The lowest BCUT2D eigenvalue weighted by atomic mass is 10.0. The van der Waals surface area contributed by atoms with E-state index >= 15 is 0 Å². The Morgan fingerprint density at radius 1 is 1.11 bits per heavy atom. The highest BCUT2D eigenvalue weighted by Crippen LogP contribution is 2.26. The Balaban J connectivity index is 1.16. The lowest BCUT2D eigenvalue weighted by Crippen LogP contribution is -2.52. The van der Waals surface area contributed by atoms with E-state index in [4.69, 9.17) is 14.0 Å². The maximum absolute atomic E-state index is 12.4. The van der Waals surface area contributed by atoms with Gasteiger partial charge in [0.15, 0.2) is 5.82 Å². The first-order valence-corrected chi connectivity index (χ1v) is 10.1. The van der Waals surface area contributed by atoms with Crippen molar-refractivity contribution in [3.63, 3.8) is 0 Å². The number of carbonyl (C=O) groups is 1. The minimum absolute atomic E-state index is 0.00160. The number of ether oxygens (including phenoxy) is 2. The molecule has 3 aliphatic heterocycles. The average molecular weight is 379 g/mol. The van der Waals surface area contributed by atoms with Crippen LogP contribution in [0.25, 0.3) is 0 Å². The highest BCUT2D eigenvalue weighted by atomic mass is 16.5. The van der Waals surface area contributed by atoms with Gasteiger partial charge in [0.1, 0.15) is 6.10 Å². The van der Waals surface area contributed by atoms with E-state index in [-0.39, 0.29) is 12.1 Å². The second-order valence-electron chi connectivity index (χ2n) is 7.40. The third kappa shape index (κ3) is 4.77. The van der Waals surface area contributed by atoms with Crippen LogP contribution in [0.15, 0.2) is 4.52 Å². The van der Waals surface area contributed by atoms with Gasteiger partial charge >= 0.3 is 6.03 Å². The summed E-state index contributed by atoms with van der Waals surface area (Å²) in [5.74, 6) is 1.17. The highest BCUT2D eigenvalue weighted by Gasteiger charge is 2.28. The first-order valence-electron chi connectivity index (χ1n) is 10.1. The molecule has 4 rings (SSSR count). The first-order chi connectivity index (χ1) is 13.3. The minimum atomic E-state index is -0.0615. The molecule has 1 aromatic rings. The third-order valence-corrected chi connectivity index (χ3v) is 5.63. The lowest BCUT2D eigenvalue weighted by molar-refractivity contribution is 0.00381. The summed E-state index contributed by atoms with van der Waals surface area (Å²) in [5, 5.41) is 6.96. The first kappa shape index (κ1) is 18.6. The molecule has 150 valence electrons.